The molecule has 0 unspecified atom stereocenters. The van der Waals surface area contributed by atoms with Crippen molar-refractivity contribution in [3.8, 4) is 0 Å². The highest BCUT2D eigenvalue weighted by Gasteiger charge is 2.07. The van der Waals surface area contributed by atoms with E-state index in [0.717, 1.165) is 5.00 Å². The Morgan fingerprint density at radius 2 is 2.47 bits per heavy atom. The summed E-state index contributed by atoms with van der Waals surface area (Å²) in [5.41, 5.74) is 0.602. The molecule has 5 nitrogen and oxygen atoms in total. The minimum atomic E-state index is -0.287. The molecular weight excluding hydrogens is 214 g/mol. The predicted octanol–water partition coefficient (Wildman–Crippen LogP) is 1.81. The van der Waals surface area contributed by atoms with Crippen LogP contribution in [0.15, 0.2) is 18.0 Å². The normalized spacial score (nSPS) is 11.2. The van der Waals surface area contributed by atoms with Gasteiger partial charge in [0.05, 0.1) is 18.4 Å². The maximum atomic E-state index is 11.4. The molecule has 0 radical (unpaired) electrons. The largest absolute Gasteiger partial charge is 0.463 e. The Kier molecular flexibility index (Phi) is 4.76. The fraction of sp³-hybridized carbons (Fsp3) is 0.444. The maximum absolute atomic E-state index is 11.4. The molecule has 82 valence electrons. The molecule has 0 saturated heterocycles. The third-order valence-electron chi connectivity index (χ3n) is 1.67. The van der Waals surface area contributed by atoms with E-state index in [9.17, 15) is 4.79 Å². The molecule has 0 aliphatic heterocycles. The van der Waals surface area contributed by atoms with Gasteiger partial charge in [-0.25, -0.2) is 4.79 Å². The second kappa shape index (κ2) is 6.13. The minimum absolute atomic E-state index is 0.287. The number of hydrogen-bond acceptors (Lipinski definition) is 6. The summed E-state index contributed by atoms with van der Waals surface area (Å²) < 4.78 is 8.58. The van der Waals surface area contributed by atoms with Crippen LogP contribution in [0.1, 0.15) is 20.3 Å². The van der Waals surface area contributed by atoms with Crippen LogP contribution in [-0.2, 0) is 9.53 Å². The van der Waals surface area contributed by atoms with Gasteiger partial charge in [0, 0.05) is 17.7 Å². The molecule has 0 spiro atoms. The van der Waals surface area contributed by atoms with Crippen molar-refractivity contribution in [2.75, 3.05) is 11.9 Å². The van der Waals surface area contributed by atoms with Crippen LogP contribution >= 0.6 is 11.5 Å². The molecule has 0 aromatic carbocycles. The van der Waals surface area contributed by atoms with Gasteiger partial charge in [0.1, 0.15) is 5.00 Å². The lowest BCUT2D eigenvalue weighted by atomic mass is 10.2. The van der Waals surface area contributed by atoms with Crippen LogP contribution in [0.2, 0.25) is 0 Å². The van der Waals surface area contributed by atoms with Crippen molar-refractivity contribution in [1.29, 1.82) is 0 Å². The molecule has 0 saturated carbocycles. The molecule has 1 rings (SSSR count). The molecule has 0 bridgehead atoms. The van der Waals surface area contributed by atoms with Crippen LogP contribution in [0.25, 0.3) is 0 Å². The fourth-order valence-corrected chi connectivity index (χ4v) is 1.31. The van der Waals surface area contributed by atoms with Crippen molar-refractivity contribution in [1.82, 2.24) is 9.59 Å². The molecule has 0 amide bonds. The van der Waals surface area contributed by atoms with Gasteiger partial charge in [-0.05, 0) is 13.3 Å². The van der Waals surface area contributed by atoms with E-state index in [-0.39, 0.29) is 5.97 Å². The van der Waals surface area contributed by atoms with Crippen molar-refractivity contribution < 1.29 is 9.53 Å². The molecule has 6 heteroatoms. The first-order chi connectivity index (χ1) is 7.27. The van der Waals surface area contributed by atoms with E-state index in [2.05, 4.69) is 14.9 Å². The minimum Gasteiger partial charge on any atom is -0.463 e. The van der Waals surface area contributed by atoms with Gasteiger partial charge in [-0.3, -0.25) is 0 Å². The van der Waals surface area contributed by atoms with Crippen LogP contribution in [0.3, 0.4) is 0 Å². The fourth-order valence-electron chi connectivity index (χ4n) is 0.918. The van der Waals surface area contributed by atoms with Crippen molar-refractivity contribution in [3.63, 3.8) is 0 Å². The Balaban J connectivity index is 2.58. The number of anilines is 1. The zero-order chi connectivity index (χ0) is 11.1. The SMILES string of the molecule is CCOC(=O)/C(=C/Nc1cnns1)CC. The number of hydrogen-bond donors (Lipinski definition) is 1. The van der Waals surface area contributed by atoms with Crippen LogP contribution in [-0.4, -0.2) is 22.2 Å². The zero-order valence-corrected chi connectivity index (χ0v) is 9.50. The molecular formula is C9H13N3O2S. The van der Waals surface area contributed by atoms with E-state index in [1.807, 2.05) is 6.92 Å². The van der Waals surface area contributed by atoms with E-state index >= 15 is 0 Å². The Labute approximate surface area is 92.3 Å². The molecule has 1 heterocycles. The second-order valence-corrected chi connectivity index (χ2v) is 3.46. The lowest BCUT2D eigenvalue weighted by molar-refractivity contribution is -0.138. The first-order valence-corrected chi connectivity index (χ1v) is 5.45. The number of rotatable bonds is 5. The summed E-state index contributed by atoms with van der Waals surface area (Å²) in [4.78, 5) is 11.4. The second-order valence-electron chi connectivity index (χ2n) is 2.67. The van der Waals surface area contributed by atoms with E-state index in [0.29, 0.717) is 18.6 Å². The first-order valence-electron chi connectivity index (χ1n) is 4.68. The molecule has 15 heavy (non-hydrogen) atoms. The van der Waals surface area contributed by atoms with Crippen LogP contribution < -0.4 is 5.32 Å². The van der Waals surface area contributed by atoms with Crippen LogP contribution in [0, 0.1) is 0 Å². The highest BCUT2D eigenvalue weighted by atomic mass is 32.1. The van der Waals surface area contributed by atoms with Crippen molar-refractivity contribution in [3.05, 3.63) is 18.0 Å². The third kappa shape index (κ3) is 3.67. The molecule has 0 atom stereocenters. The Morgan fingerprint density at radius 1 is 1.67 bits per heavy atom. The third-order valence-corrected chi connectivity index (χ3v) is 2.26. The summed E-state index contributed by atoms with van der Waals surface area (Å²) in [6.07, 6.45) is 3.85. The standard InChI is InChI=1S/C9H13N3O2S/c1-3-7(9(13)14-4-2)5-10-8-6-11-12-15-8/h5-6,10H,3-4H2,1-2H3/b7-5+. The smallest absolute Gasteiger partial charge is 0.335 e. The summed E-state index contributed by atoms with van der Waals surface area (Å²) in [5, 5.41) is 7.41. The van der Waals surface area contributed by atoms with E-state index < -0.39 is 0 Å². The van der Waals surface area contributed by atoms with E-state index in [1.165, 1.54) is 11.5 Å². The van der Waals surface area contributed by atoms with Gasteiger partial charge < -0.3 is 10.1 Å². The monoisotopic (exact) mass is 227 g/mol. The highest BCUT2D eigenvalue weighted by Crippen LogP contribution is 2.11. The number of carbonyl (C=O) groups is 1. The van der Waals surface area contributed by atoms with Crippen molar-refractivity contribution in [2.45, 2.75) is 20.3 Å². The molecule has 1 N–H and O–H groups in total. The summed E-state index contributed by atoms with van der Waals surface area (Å²) in [7, 11) is 0. The lowest BCUT2D eigenvalue weighted by Gasteiger charge is -2.04. The van der Waals surface area contributed by atoms with Gasteiger partial charge >= 0.3 is 5.97 Å². The van der Waals surface area contributed by atoms with E-state index in [1.54, 1.807) is 19.3 Å². The van der Waals surface area contributed by atoms with Gasteiger partial charge in [-0.15, -0.1) is 5.10 Å². The van der Waals surface area contributed by atoms with Gasteiger partial charge in [0.2, 0.25) is 0 Å². The molecule has 0 aliphatic rings. The molecule has 0 aliphatic carbocycles. The average molecular weight is 227 g/mol. The Hall–Kier alpha value is -1.43. The average Bonchev–Trinajstić information content (AvgIpc) is 2.72. The van der Waals surface area contributed by atoms with Crippen LogP contribution in [0.5, 0.6) is 0 Å². The summed E-state index contributed by atoms with van der Waals surface area (Å²) in [6, 6.07) is 0. The van der Waals surface area contributed by atoms with Gasteiger partial charge in [-0.2, -0.15) is 0 Å². The van der Waals surface area contributed by atoms with Gasteiger partial charge in [0.25, 0.3) is 0 Å². The zero-order valence-electron chi connectivity index (χ0n) is 8.69. The molecule has 1 aromatic rings. The first kappa shape index (κ1) is 11.6. The van der Waals surface area contributed by atoms with Crippen molar-refractivity contribution >= 4 is 22.5 Å². The van der Waals surface area contributed by atoms with Crippen molar-refractivity contribution in [2.24, 2.45) is 0 Å². The van der Waals surface area contributed by atoms with Gasteiger partial charge in [0.15, 0.2) is 0 Å². The number of aromatic nitrogens is 2. The summed E-state index contributed by atoms with van der Waals surface area (Å²) in [5.74, 6) is -0.287. The molecule has 0 fully saturated rings. The number of carbonyl (C=O) groups excluding carboxylic acids is 1. The molecule has 1 aromatic heterocycles. The quantitative estimate of drug-likeness (QED) is 0.614. The predicted molar refractivity (Wildman–Crippen MR) is 58.5 cm³/mol. The number of ether oxygens (including phenoxy) is 1. The van der Waals surface area contributed by atoms with Gasteiger partial charge in [-0.1, -0.05) is 11.4 Å². The number of esters is 1. The lowest BCUT2D eigenvalue weighted by Crippen LogP contribution is -2.08. The highest BCUT2D eigenvalue weighted by molar-refractivity contribution is 7.09. The topological polar surface area (TPSA) is 64.1 Å². The Morgan fingerprint density at radius 3 is 3.00 bits per heavy atom. The number of nitrogens with one attached hydrogen (secondary N) is 1. The summed E-state index contributed by atoms with van der Waals surface area (Å²) in [6.45, 7) is 4.07. The summed E-state index contributed by atoms with van der Waals surface area (Å²) >= 11 is 1.23. The Bertz CT molecular complexity index is 335. The van der Waals surface area contributed by atoms with E-state index in [4.69, 9.17) is 4.74 Å². The maximum Gasteiger partial charge on any atom is 0.335 e. The van der Waals surface area contributed by atoms with Crippen LogP contribution in [0.4, 0.5) is 5.00 Å². The number of nitrogens with zero attached hydrogens (tertiary/aromatic N) is 2.